The molecular weight excluding hydrogens is 547 g/mol. The standard InChI is InChI=1S/C34H43FN4O2S/c1-22(2)27-10-7-11-28(23(3)4)32(27)36-34(41)39-18-17-38(21-24(39)5)31(40)13-16-37-15-12-30-29(14-19-42-30)33(37)25-8-6-9-26(35)20-25/h6-11,14,19-20,22-24,33H,12-13,15-18,21H2,1-5H3,(H,36,41)/t24-,33+/m1/s1. The first kappa shape index (κ1) is 30.2. The quantitative estimate of drug-likeness (QED) is 0.316. The zero-order chi connectivity index (χ0) is 30.0. The summed E-state index contributed by atoms with van der Waals surface area (Å²) in [6, 6.07) is 15.0. The van der Waals surface area contributed by atoms with Gasteiger partial charge in [0.2, 0.25) is 5.91 Å². The minimum Gasteiger partial charge on any atom is -0.339 e. The fourth-order valence-corrected chi connectivity index (χ4v) is 7.34. The molecule has 1 fully saturated rings. The molecule has 2 aromatic carbocycles. The summed E-state index contributed by atoms with van der Waals surface area (Å²) in [6.45, 7) is 13.6. The van der Waals surface area contributed by atoms with E-state index in [1.807, 2.05) is 22.8 Å². The van der Waals surface area contributed by atoms with E-state index in [4.69, 9.17) is 0 Å². The third-order valence-electron chi connectivity index (χ3n) is 8.69. The van der Waals surface area contributed by atoms with Gasteiger partial charge in [0, 0.05) is 55.8 Å². The SMILES string of the molecule is CC(C)c1cccc(C(C)C)c1NC(=O)N1CCN(C(=O)CCN2CCc3sccc3[C@@H]2c2cccc(F)c2)C[C@H]1C. The van der Waals surface area contributed by atoms with Crippen LogP contribution in [0.25, 0.3) is 0 Å². The Morgan fingerprint density at radius 1 is 1.00 bits per heavy atom. The summed E-state index contributed by atoms with van der Waals surface area (Å²) in [5, 5.41) is 5.34. The molecule has 0 spiro atoms. The molecule has 0 unspecified atom stereocenters. The third-order valence-corrected chi connectivity index (χ3v) is 9.69. The van der Waals surface area contributed by atoms with Crippen LogP contribution in [-0.2, 0) is 11.2 Å². The minimum absolute atomic E-state index is 0.0487. The van der Waals surface area contributed by atoms with Crippen LogP contribution >= 0.6 is 11.3 Å². The second-order valence-electron chi connectivity index (χ2n) is 12.2. The molecule has 2 atom stereocenters. The molecule has 0 radical (unpaired) electrons. The summed E-state index contributed by atoms with van der Waals surface area (Å²) in [5.74, 6) is 0.438. The Balaban J connectivity index is 1.21. The molecule has 6 nitrogen and oxygen atoms in total. The molecule has 0 saturated carbocycles. The highest BCUT2D eigenvalue weighted by molar-refractivity contribution is 7.10. The van der Waals surface area contributed by atoms with Crippen molar-refractivity contribution in [2.45, 2.75) is 71.4 Å². The lowest BCUT2D eigenvalue weighted by Gasteiger charge is -2.41. The predicted molar refractivity (Wildman–Crippen MR) is 169 cm³/mol. The number of halogens is 1. The number of piperazine rings is 1. The van der Waals surface area contributed by atoms with Crippen molar-refractivity contribution in [2.75, 3.05) is 38.0 Å². The molecule has 3 heterocycles. The van der Waals surface area contributed by atoms with Gasteiger partial charge < -0.3 is 15.1 Å². The van der Waals surface area contributed by atoms with Crippen LogP contribution in [0.1, 0.15) is 86.0 Å². The van der Waals surface area contributed by atoms with Crippen molar-refractivity contribution in [3.8, 4) is 0 Å². The van der Waals surface area contributed by atoms with E-state index in [-0.39, 0.29) is 41.7 Å². The first-order valence-corrected chi connectivity index (χ1v) is 16.1. The fourth-order valence-electron chi connectivity index (χ4n) is 6.43. The highest BCUT2D eigenvalue weighted by Gasteiger charge is 2.33. The van der Waals surface area contributed by atoms with Gasteiger partial charge in [-0.15, -0.1) is 11.3 Å². The van der Waals surface area contributed by atoms with Crippen molar-refractivity contribution < 1.29 is 14.0 Å². The molecule has 5 rings (SSSR count). The Labute approximate surface area is 253 Å². The Morgan fingerprint density at radius 3 is 2.38 bits per heavy atom. The van der Waals surface area contributed by atoms with Crippen molar-refractivity contribution in [3.63, 3.8) is 0 Å². The second kappa shape index (κ2) is 13.0. The van der Waals surface area contributed by atoms with E-state index in [0.29, 0.717) is 32.6 Å². The van der Waals surface area contributed by atoms with Gasteiger partial charge in [-0.3, -0.25) is 9.69 Å². The van der Waals surface area contributed by atoms with Crippen molar-refractivity contribution in [2.24, 2.45) is 0 Å². The maximum absolute atomic E-state index is 14.2. The molecule has 42 heavy (non-hydrogen) atoms. The number of nitrogens with zero attached hydrogens (tertiary/aromatic N) is 3. The summed E-state index contributed by atoms with van der Waals surface area (Å²) in [6.07, 6.45) is 1.33. The summed E-state index contributed by atoms with van der Waals surface area (Å²) in [5.41, 5.74) is 5.34. The largest absolute Gasteiger partial charge is 0.339 e. The van der Waals surface area contributed by atoms with Crippen LogP contribution in [0.5, 0.6) is 0 Å². The summed E-state index contributed by atoms with van der Waals surface area (Å²) in [4.78, 5) is 34.3. The van der Waals surface area contributed by atoms with Gasteiger partial charge >= 0.3 is 6.03 Å². The van der Waals surface area contributed by atoms with Gasteiger partial charge in [-0.2, -0.15) is 0 Å². The average molecular weight is 591 g/mol. The molecule has 224 valence electrons. The van der Waals surface area contributed by atoms with Gasteiger partial charge in [0.05, 0.1) is 6.04 Å². The van der Waals surface area contributed by atoms with Gasteiger partial charge in [0.15, 0.2) is 0 Å². The molecule has 0 bridgehead atoms. The van der Waals surface area contributed by atoms with Gasteiger partial charge in [0.25, 0.3) is 0 Å². The number of para-hydroxylation sites is 1. The van der Waals surface area contributed by atoms with Crippen molar-refractivity contribution in [1.29, 1.82) is 0 Å². The Hall–Kier alpha value is -3.23. The lowest BCUT2D eigenvalue weighted by atomic mass is 9.92. The predicted octanol–water partition coefficient (Wildman–Crippen LogP) is 7.24. The minimum atomic E-state index is -0.241. The number of carbonyl (C=O) groups is 2. The van der Waals surface area contributed by atoms with E-state index < -0.39 is 0 Å². The van der Waals surface area contributed by atoms with E-state index in [2.05, 4.69) is 67.6 Å². The van der Waals surface area contributed by atoms with Crippen molar-refractivity contribution in [3.05, 3.63) is 86.9 Å². The Bertz CT molecular complexity index is 1390. The average Bonchev–Trinajstić information content (AvgIpc) is 3.44. The summed E-state index contributed by atoms with van der Waals surface area (Å²) >= 11 is 1.75. The van der Waals surface area contributed by atoms with Gasteiger partial charge in [-0.1, -0.05) is 58.0 Å². The number of amides is 3. The number of benzene rings is 2. The number of thiophene rings is 1. The summed E-state index contributed by atoms with van der Waals surface area (Å²) < 4.78 is 14.2. The van der Waals surface area contributed by atoms with E-state index in [1.54, 1.807) is 23.5 Å². The number of anilines is 1. The molecule has 1 N–H and O–H groups in total. The van der Waals surface area contributed by atoms with Crippen LogP contribution < -0.4 is 5.32 Å². The number of nitrogens with one attached hydrogen (secondary N) is 1. The molecule has 1 aromatic heterocycles. The smallest absolute Gasteiger partial charge is 0.322 e. The number of fused-ring (bicyclic) bond motifs is 1. The number of rotatable bonds is 7. The van der Waals surface area contributed by atoms with Crippen LogP contribution in [0.3, 0.4) is 0 Å². The molecule has 2 aliphatic heterocycles. The van der Waals surface area contributed by atoms with E-state index in [9.17, 15) is 14.0 Å². The maximum Gasteiger partial charge on any atom is 0.322 e. The maximum atomic E-state index is 14.2. The monoisotopic (exact) mass is 590 g/mol. The van der Waals surface area contributed by atoms with Crippen LogP contribution in [0.4, 0.5) is 14.9 Å². The highest BCUT2D eigenvalue weighted by atomic mass is 32.1. The number of carbonyl (C=O) groups excluding carboxylic acids is 2. The molecular formula is C34H43FN4O2S. The van der Waals surface area contributed by atoms with Gasteiger partial charge in [-0.25, -0.2) is 9.18 Å². The number of urea groups is 1. The molecule has 2 aliphatic rings. The zero-order valence-electron chi connectivity index (χ0n) is 25.4. The lowest BCUT2D eigenvalue weighted by molar-refractivity contribution is -0.134. The second-order valence-corrected chi connectivity index (χ2v) is 13.2. The molecule has 3 aromatic rings. The topological polar surface area (TPSA) is 55.9 Å². The highest BCUT2D eigenvalue weighted by Crippen LogP contribution is 2.38. The van der Waals surface area contributed by atoms with Crippen LogP contribution in [0.15, 0.2) is 53.9 Å². The van der Waals surface area contributed by atoms with Crippen LogP contribution in [0.2, 0.25) is 0 Å². The summed E-state index contributed by atoms with van der Waals surface area (Å²) in [7, 11) is 0. The Kier molecular flexibility index (Phi) is 9.33. The number of hydrogen-bond acceptors (Lipinski definition) is 4. The van der Waals surface area contributed by atoms with Gasteiger partial charge in [0.1, 0.15) is 5.82 Å². The van der Waals surface area contributed by atoms with Crippen molar-refractivity contribution in [1.82, 2.24) is 14.7 Å². The van der Waals surface area contributed by atoms with Crippen LogP contribution in [0, 0.1) is 5.82 Å². The first-order valence-electron chi connectivity index (χ1n) is 15.2. The van der Waals surface area contributed by atoms with E-state index >= 15 is 0 Å². The lowest BCUT2D eigenvalue weighted by Crippen LogP contribution is -2.56. The van der Waals surface area contributed by atoms with E-state index in [1.165, 1.54) is 16.5 Å². The first-order chi connectivity index (χ1) is 20.1. The zero-order valence-corrected chi connectivity index (χ0v) is 26.2. The van der Waals surface area contributed by atoms with Gasteiger partial charge in [-0.05, 0) is 71.0 Å². The van der Waals surface area contributed by atoms with Crippen LogP contribution in [-0.4, -0.2) is 65.4 Å². The molecule has 0 aliphatic carbocycles. The normalized spacial score (nSPS) is 19.3. The molecule has 1 saturated heterocycles. The third kappa shape index (κ3) is 6.40. The fraction of sp³-hybridized carbons (Fsp3) is 0.471. The molecule has 3 amide bonds. The number of hydrogen-bond donors (Lipinski definition) is 1. The van der Waals surface area contributed by atoms with Crippen molar-refractivity contribution >= 4 is 29.0 Å². The van der Waals surface area contributed by atoms with E-state index in [0.717, 1.165) is 35.3 Å². The Morgan fingerprint density at radius 2 is 1.71 bits per heavy atom. The molecule has 8 heteroatoms.